The van der Waals surface area contributed by atoms with E-state index in [-0.39, 0.29) is 35.3 Å². The third-order valence-electron chi connectivity index (χ3n) is 8.58. The van der Waals surface area contributed by atoms with Crippen LogP contribution in [0.3, 0.4) is 0 Å². The van der Waals surface area contributed by atoms with Crippen molar-refractivity contribution in [3.8, 4) is 11.5 Å². The summed E-state index contributed by atoms with van der Waals surface area (Å²) in [4.78, 5) is 39.2. The molecule has 2 aromatic carbocycles. The van der Waals surface area contributed by atoms with E-state index in [0.717, 1.165) is 22.3 Å². The summed E-state index contributed by atoms with van der Waals surface area (Å²) in [5.74, 6) is -0.555. The first-order chi connectivity index (χ1) is 18.5. The Balaban J connectivity index is 1.69. The van der Waals surface area contributed by atoms with Crippen molar-refractivity contribution in [3.63, 3.8) is 0 Å². The van der Waals surface area contributed by atoms with E-state index in [1.807, 2.05) is 12.1 Å². The average molecular weight is 548 g/mol. The van der Waals surface area contributed by atoms with E-state index >= 15 is 0 Å². The molecule has 2 heterocycles. The Morgan fingerprint density at radius 2 is 1.68 bits per heavy atom. The zero-order chi connectivity index (χ0) is 29.4. The van der Waals surface area contributed by atoms with Gasteiger partial charge >= 0.3 is 11.9 Å². The van der Waals surface area contributed by atoms with E-state index < -0.39 is 23.5 Å². The molecular formula is C33H41NO6. The largest absolute Gasteiger partial charge is 0.462 e. The van der Waals surface area contributed by atoms with Gasteiger partial charge in [0.1, 0.15) is 28.7 Å². The van der Waals surface area contributed by atoms with Crippen LogP contribution in [0.4, 0.5) is 0 Å². The van der Waals surface area contributed by atoms with Crippen LogP contribution in [0.25, 0.3) is 0 Å². The summed E-state index contributed by atoms with van der Waals surface area (Å²) < 4.78 is 18.0. The second-order valence-electron chi connectivity index (χ2n) is 13.9. The Morgan fingerprint density at radius 3 is 2.25 bits per heavy atom. The molecule has 0 radical (unpaired) electrons. The normalized spacial score (nSPS) is 22.6. The van der Waals surface area contributed by atoms with E-state index in [0.29, 0.717) is 35.5 Å². The van der Waals surface area contributed by atoms with Crippen LogP contribution in [0.2, 0.25) is 0 Å². The van der Waals surface area contributed by atoms with E-state index in [1.54, 1.807) is 13.0 Å². The van der Waals surface area contributed by atoms with Crippen LogP contribution in [0.1, 0.15) is 118 Å². The molecule has 3 aliphatic rings. The van der Waals surface area contributed by atoms with Crippen molar-refractivity contribution < 1.29 is 28.6 Å². The van der Waals surface area contributed by atoms with Crippen LogP contribution in [-0.2, 0) is 30.5 Å². The second-order valence-corrected chi connectivity index (χ2v) is 13.9. The van der Waals surface area contributed by atoms with Crippen LogP contribution in [-0.4, -0.2) is 36.6 Å². The SMILES string of the molecule is CCOC(=O)c1cc(C(C)(C)C)cc2c1Oc1c(C(=O)OC3CC4CC3C(=O)N4)ccc(C(C)(C)C)c1C2(C)C. The van der Waals surface area contributed by atoms with Crippen molar-refractivity contribution in [1.82, 2.24) is 5.32 Å². The van der Waals surface area contributed by atoms with Gasteiger partial charge < -0.3 is 19.5 Å². The number of nitrogens with one attached hydrogen (secondary N) is 1. The highest BCUT2D eigenvalue weighted by molar-refractivity contribution is 5.97. The van der Waals surface area contributed by atoms with Gasteiger partial charge in [0.15, 0.2) is 0 Å². The fourth-order valence-corrected chi connectivity index (χ4v) is 6.36. The highest BCUT2D eigenvalue weighted by Crippen LogP contribution is 2.54. The number of carbonyl (C=O) groups is 3. The minimum Gasteiger partial charge on any atom is -0.462 e. The third-order valence-corrected chi connectivity index (χ3v) is 8.58. The van der Waals surface area contributed by atoms with Crippen molar-refractivity contribution in [3.05, 3.63) is 57.6 Å². The summed E-state index contributed by atoms with van der Waals surface area (Å²) in [6.07, 6.45) is 0.841. The maximum absolute atomic E-state index is 13.7. The third kappa shape index (κ3) is 4.57. The van der Waals surface area contributed by atoms with Gasteiger partial charge in [0.2, 0.25) is 5.91 Å². The van der Waals surface area contributed by atoms with Gasteiger partial charge in [-0.05, 0) is 47.4 Å². The second kappa shape index (κ2) is 9.35. The summed E-state index contributed by atoms with van der Waals surface area (Å²) in [6, 6.07) is 7.75. The van der Waals surface area contributed by atoms with Crippen molar-refractivity contribution in [2.45, 2.75) is 104 Å². The molecular weight excluding hydrogens is 506 g/mol. The van der Waals surface area contributed by atoms with Gasteiger partial charge in [-0.2, -0.15) is 0 Å². The molecule has 3 unspecified atom stereocenters. The number of fused-ring (bicyclic) bond motifs is 4. The number of amides is 1. The molecule has 7 nitrogen and oxygen atoms in total. The van der Waals surface area contributed by atoms with E-state index in [9.17, 15) is 14.4 Å². The number of esters is 2. The van der Waals surface area contributed by atoms with Crippen molar-refractivity contribution in [2.75, 3.05) is 6.61 Å². The fourth-order valence-electron chi connectivity index (χ4n) is 6.36. The fraction of sp³-hybridized carbons (Fsp3) is 0.545. The molecule has 1 aliphatic carbocycles. The summed E-state index contributed by atoms with van der Waals surface area (Å²) in [6.45, 7) is 19.0. The van der Waals surface area contributed by atoms with Crippen LogP contribution < -0.4 is 10.1 Å². The molecule has 5 rings (SSSR count). The molecule has 2 aromatic rings. The van der Waals surface area contributed by atoms with Crippen molar-refractivity contribution in [1.29, 1.82) is 0 Å². The molecule has 40 heavy (non-hydrogen) atoms. The quantitative estimate of drug-likeness (QED) is 0.450. The summed E-state index contributed by atoms with van der Waals surface area (Å²) in [5.41, 5.74) is 3.36. The lowest BCUT2D eigenvalue weighted by atomic mass is 9.67. The lowest BCUT2D eigenvalue weighted by molar-refractivity contribution is -0.127. The number of piperidine rings is 1. The average Bonchev–Trinajstić information content (AvgIpc) is 3.40. The highest BCUT2D eigenvalue weighted by Gasteiger charge is 2.48. The van der Waals surface area contributed by atoms with Gasteiger partial charge in [0.05, 0.1) is 12.5 Å². The van der Waals surface area contributed by atoms with Gasteiger partial charge in [-0.3, -0.25) is 4.79 Å². The number of rotatable bonds is 4. The number of hydrogen-bond donors (Lipinski definition) is 1. The molecule has 7 heteroatoms. The van der Waals surface area contributed by atoms with Gasteiger partial charge in [0, 0.05) is 29.0 Å². The van der Waals surface area contributed by atoms with Gasteiger partial charge in [-0.25, -0.2) is 9.59 Å². The first kappa shape index (κ1) is 28.2. The predicted molar refractivity (Wildman–Crippen MR) is 152 cm³/mol. The first-order valence-electron chi connectivity index (χ1n) is 14.3. The molecule has 1 amide bonds. The Labute approximate surface area is 237 Å². The van der Waals surface area contributed by atoms with Crippen LogP contribution >= 0.6 is 0 Å². The standard InChI is InChI=1S/C33H41NO6/c1-10-38-29(36)21-13-17(31(2,3)4)14-23-26(21)40-27-19(11-12-22(32(5,6)7)25(27)33(23,8)9)30(37)39-24-16-18-15-20(24)28(35)34-18/h11-14,18,20,24H,10,15-16H2,1-9H3,(H,34,35). The summed E-state index contributed by atoms with van der Waals surface area (Å²) >= 11 is 0. The monoisotopic (exact) mass is 547 g/mol. The van der Waals surface area contributed by atoms with E-state index in [4.69, 9.17) is 14.2 Å². The van der Waals surface area contributed by atoms with Gasteiger partial charge in [0.25, 0.3) is 0 Å². The summed E-state index contributed by atoms with van der Waals surface area (Å²) in [5, 5.41) is 2.94. The molecule has 1 saturated carbocycles. The molecule has 214 valence electrons. The van der Waals surface area contributed by atoms with Crippen molar-refractivity contribution in [2.24, 2.45) is 5.92 Å². The first-order valence-corrected chi connectivity index (χ1v) is 14.3. The van der Waals surface area contributed by atoms with Crippen LogP contribution in [0, 0.1) is 5.92 Å². The van der Waals surface area contributed by atoms with E-state index in [2.05, 4.69) is 66.8 Å². The maximum atomic E-state index is 13.7. The topological polar surface area (TPSA) is 90.9 Å². The maximum Gasteiger partial charge on any atom is 0.342 e. The summed E-state index contributed by atoms with van der Waals surface area (Å²) in [7, 11) is 0. The van der Waals surface area contributed by atoms with E-state index in [1.165, 1.54) is 0 Å². The Hall–Kier alpha value is -3.35. The molecule has 2 fully saturated rings. The lowest BCUT2D eigenvalue weighted by Crippen LogP contribution is -2.40. The number of hydrogen-bond acceptors (Lipinski definition) is 6. The number of benzene rings is 2. The van der Waals surface area contributed by atoms with Gasteiger partial charge in [-0.1, -0.05) is 67.5 Å². The zero-order valence-electron chi connectivity index (χ0n) is 25.1. The molecule has 2 aliphatic heterocycles. The highest BCUT2D eigenvalue weighted by atomic mass is 16.6. The Kier molecular flexibility index (Phi) is 6.59. The zero-order valence-corrected chi connectivity index (χ0v) is 25.1. The number of ether oxygens (including phenoxy) is 3. The predicted octanol–water partition coefficient (Wildman–Crippen LogP) is 6.32. The minimum absolute atomic E-state index is 0.0543. The van der Waals surface area contributed by atoms with Gasteiger partial charge in [-0.15, -0.1) is 0 Å². The van der Waals surface area contributed by atoms with Crippen LogP contribution in [0.15, 0.2) is 24.3 Å². The smallest absolute Gasteiger partial charge is 0.342 e. The number of carbonyl (C=O) groups excluding carboxylic acids is 3. The molecule has 1 saturated heterocycles. The molecule has 0 spiro atoms. The van der Waals surface area contributed by atoms with Crippen LogP contribution in [0.5, 0.6) is 11.5 Å². The van der Waals surface area contributed by atoms with Crippen molar-refractivity contribution >= 4 is 17.8 Å². The molecule has 3 atom stereocenters. The molecule has 2 bridgehead atoms. The lowest BCUT2D eigenvalue weighted by Gasteiger charge is -2.41. The molecule has 0 aromatic heterocycles. The molecule has 1 N–H and O–H groups in total. The Bertz CT molecular complexity index is 1410. The minimum atomic E-state index is -0.614. The Morgan fingerprint density at radius 1 is 0.975 bits per heavy atom.